The number of hydrogen-bond acceptors (Lipinski definition) is 2. The second-order valence-electron chi connectivity index (χ2n) is 3.86. The Balaban J connectivity index is 1.83. The molecular weight excluding hydrogens is 155 g/mol. The van der Waals surface area contributed by atoms with E-state index < -0.39 is 6.17 Å². The van der Waals surface area contributed by atoms with Crippen molar-refractivity contribution < 1.29 is 4.39 Å². The van der Waals surface area contributed by atoms with Crippen molar-refractivity contribution in [1.82, 2.24) is 10.2 Å². The molecule has 3 heteroatoms. The van der Waals surface area contributed by atoms with Crippen molar-refractivity contribution in [2.45, 2.75) is 31.5 Å². The Morgan fingerprint density at radius 3 is 2.50 bits per heavy atom. The summed E-state index contributed by atoms with van der Waals surface area (Å²) in [4.78, 5) is 2.32. The van der Waals surface area contributed by atoms with Crippen molar-refractivity contribution in [3.8, 4) is 0 Å². The zero-order valence-corrected chi connectivity index (χ0v) is 7.43. The molecule has 2 heterocycles. The van der Waals surface area contributed by atoms with E-state index in [1.54, 1.807) is 0 Å². The van der Waals surface area contributed by atoms with E-state index >= 15 is 0 Å². The van der Waals surface area contributed by atoms with Gasteiger partial charge in [-0.2, -0.15) is 0 Å². The number of nitrogens with one attached hydrogen (secondary N) is 1. The molecule has 0 saturated carbocycles. The standard InChI is InChI=1S/C9H17FN2/c10-8-3-6-12(7-8)9-1-4-11-5-2-9/h8-9,11H,1-7H2/t8-/m0/s1. The van der Waals surface area contributed by atoms with Crippen LogP contribution >= 0.6 is 0 Å². The van der Waals surface area contributed by atoms with E-state index in [0.717, 1.165) is 26.1 Å². The molecule has 2 aliphatic heterocycles. The predicted octanol–water partition coefficient (Wildman–Crippen LogP) is 0.782. The van der Waals surface area contributed by atoms with Crippen molar-refractivity contribution >= 4 is 0 Å². The Labute approximate surface area is 73.1 Å². The summed E-state index contributed by atoms with van der Waals surface area (Å²) < 4.78 is 12.9. The van der Waals surface area contributed by atoms with Crippen LogP contribution in [0.5, 0.6) is 0 Å². The van der Waals surface area contributed by atoms with Gasteiger partial charge in [0.1, 0.15) is 6.17 Å². The van der Waals surface area contributed by atoms with Gasteiger partial charge < -0.3 is 5.32 Å². The molecule has 1 N–H and O–H groups in total. The Kier molecular flexibility index (Phi) is 2.61. The maximum atomic E-state index is 12.9. The second kappa shape index (κ2) is 3.71. The van der Waals surface area contributed by atoms with Gasteiger partial charge in [-0.05, 0) is 32.4 Å². The van der Waals surface area contributed by atoms with Crippen molar-refractivity contribution in [2.75, 3.05) is 26.2 Å². The quantitative estimate of drug-likeness (QED) is 0.629. The molecule has 0 radical (unpaired) electrons. The van der Waals surface area contributed by atoms with Gasteiger partial charge in [0.2, 0.25) is 0 Å². The lowest BCUT2D eigenvalue weighted by Gasteiger charge is -2.30. The number of rotatable bonds is 1. The van der Waals surface area contributed by atoms with Crippen LogP contribution in [-0.4, -0.2) is 43.3 Å². The van der Waals surface area contributed by atoms with Gasteiger partial charge in [-0.1, -0.05) is 0 Å². The zero-order chi connectivity index (χ0) is 8.39. The van der Waals surface area contributed by atoms with Crippen LogP contribution in [0.3, 0.4) is 0 Å². The third kappa shape index (κ3) is 1.77. The molecule has 0 aromatic rings. The number of hydrogen-bond donors (Lipinski definition) is 1. The maximum absolute atomic E-state index is 12.9. The molecular formula is C9H17FN2. The summed E-state index contributed by atoms with van der Waals surface area (Å²) in [6.45, 7) is 3.88. The molecule has 0 aromatic heterocycles. The van der Waals surface area contributed by atoms with Crippen LogP contribution in [0.1, 0.15) is 19.3 Å². The van der Waals surface area contributed by atoms with Gasteiger partial charge in [0, 0.05) is 19.1 Å². The average Bonchev–Trinajstić information content (AvgIpc) is 2.54. The predicted molar refractivity (Wildman–Crippen MR) is 47.0 cm³/mol. The molecule has 70 valence electrons. The van der Waals surface area contributed by atoms with E-state index in [4.69, 9.17) is 0 Å². The van der Waals surface area contributed by atoms with Crippen molar-refractivity contribution in [3.63, 3.8) is 0 Å². The lowest BCUT2D eigenvalue weighted by molar-refractivity contribution is 0.184. The summed E-state index contributed by atoms with van der Waals surface area (Å²) >= 11 is 0. The molecule has 0 amide bonds. The fourth-order valence-corrected chi connectivity index (χ4v) is 2.25. The highest BCUT2D eigenvalue weighted by atomic mass is 19.1. The lowest BCUT2D eigenvalue weighted by Crippen LogP contribution is -2.42. The normalized spacial score (nSPS) is 34.2. The van der Waals surface area contributed by atoms with E-state index in [1.807, 2.05) is 0 Å². The Morgan fingerprint density at radius 1 is 1.17 bits per heavy atom. The molecule has 2 saturated heterocycles. The largest absolute Gasteiger partial charge is 0.317 e. The van der Waals surface area contributed by atoms with E-state index in [1.165, 1.54) is 12.8 Å². The van der Waals surface area contributed by atoms with Gasteiger partial charge in [0.25, 0.3) is 0 Å². The van der Waals surface area contributed by atoms with Gasteiger partial charge in [-0.25, -0.2) is 4.39 Å². The van der Waals surface area contributed by atoms with Crippen molar-refractivity contribution in [1.29, 1.82) is 0 Å². The SMILES string of the molecule is F[C@H]1CCN(C2CCNCC2)C1. The number of alkyl halides is 1. The number of nitrogens with zero attached hydrogens (tertiary/aromatic N) is 1. The summed E-state index contributed by atoms with van der Waals surface area (Å²) in [6, 6.07) is 0.659. The first-order valence-electron chi connectivity index (χ1n) is 4.95. The highest BCUT2D eigenvalue weighted by Crippen LogP contribution is 2.19. The molecule has 2 nitrogen and oxygen atoms in total. The summed E-state index contributed by atoms with van der Waals surface area (Å²) in [6.07, 6.45) is 2.60. The number of likely N-dealkylation sites (tertiary alicyclic amines) is 1. The third-order valence-corrected chi connectivity index (χ3v) is 2.99. The molecule has 0 aliphatic carbocycles. The highest BCUT2D eigenvalue weighted by molar-refractivity contribution is 4.84. The van der Waals surface area contributed by atoms with Crippen LogP contribution in [0.25, 0.3) is 0 Å². The monoisotopic (exact) mass is 172 g/mol. The van der Waals surface area contributed by atoms with Crippen molar-refractivity contribution in [2.24, 2.45) is 0 Å². The van der Waals surface area contributed by atoms with Crippen LogP contribution < -0.4 is 5.32 Å². The van der Waals surface area contributed by atoms with Gasteiger partial charge in [-0.3, -0.25) is 4.90 Å². The Morgan fingerprint density at radius 2 is 1.92 bits per heavy atom. The van der Waals surface area contributed by atoms with Crippen LogP contribution in [0.4, 0.5) is 4.39 Å². The first-order valence-corrected chi connectivity index (χ1v) is 4.95. The highest BCUT2D eigenvalue weighted by Gasteiger charge is 2.28. The van der Waals surface area contributed by atoms with Crippen LogP contribution in [0, 0.1) is 0 Å². The molecule has 0 bridgehead atoms. The summed E-state index contributed by atoms with van der Waals surface area (Å²) in [7, 11) is 0. The van der Waals surface area contributed by atoms with E-state index in [2.05, 4.69) is 10.2 Å². The van der Waals surface area contributed by atoms with Crippen LogP contribution in [-0.2, 0) is 0 Å². The molecule has 0 spiro atoms. The number of piperidine rings is 1. The molecule has 0 aromatic carbocycles. The molecule has 2 rings (SSSR count). The van der Waals surface area contributed by atoms with E-state index in [9.17, 15) is 4.39 Å². The van der Waals surface area contributed by atoms with E-state index in [-0.39, 0.29) is 0 Å². The average molecular weight is 172 g/mol. The maximum Gasteiger partial charge on any atom is 0.114 e. The molecule has 2 aliphatic rings. The minimum Gasteiger partial charge on any atom is -0.317 e. The van der Waals surface area contributed by atoms with Crippen LogP contribution in [0.15, 0.2) is 0 Å². The van der Waals surface area contributed by atoms with Gasteiger partial charge in [0.05, 0.1) is 0 Å². The number of halogens is 1. The smallest absolute Gasteiger partial charge is 0.114 e. The first-order chi connectivity index (χ1) is 5.86. The topological polar surface area (TPSA) is 15.3 Å². The minimum absolute atomic E-state index is 0.556. The summed E-state index contributed by atoms with van der Waals surface area (Å²) in [5, 5.41) is 3.33. The lowest BCUT2D eigenvalue weighted by atomic mass is 10.1. The van der Waals surface area contributed by atoms with Gasteiger partial charge >= 0.3 is 0 Å². The fourth-order valence-electron chi connectivity index (χ4n) is 2.25. The van der Waals surface area contributed by atoms with Crippen molar-refractivity contribution in [3.05, 3.63) is 0 Å². The molecule has 2 fully saturated rings. The molecule has 1 atom stereocenters. The second-order valence-corrected chi connectivity index (χ2v) is 3.86. The fraction of sp³-hybridized carbons (Fsp3) is 1.00. The van der Waals surface area contributed by atoms with Crippen LogP contribution in [0.2, 0.25) is 0 Å². The molecule has 0 unspecified atom stereocenters. The van der Waals surface area contributed by atoms with Gasteiger partial charge in [0.15, 0.2) is 0 Å². The Hall–Kier alpha value is -0.150. The first kappa shape index (κ1) is 8.45. The molecule has 12 heavy (non-hydrogen) atoms. The zero-order valence-electron chi connectivity index (χ0n) is 7.43. The van der Waals surface area contributed by atoms with Gasteiger partial charge in [-0.15, -0.1) is 0 Å². The summed E-state index contributed by atoms with van der Waals surface area (Å²) in [5.74, 6) is 0. The third-order valence-electron chi connectivity index (χ3n) is 2.99. The summed E-state index contributed by atoms with van der Waals surface area (Å²) in [5.41, 5.74) is 0. The Bertz CT molecular complexity index is 143. The van der Waals surface area contributed by atoms with E-state index in [0.29, 0.717) is 12.6 Å². The minimum atomic E-state index is -0.556.